The predicted octanol–water partition coefficient (Wildman–Crippen LogP) is -1.83. The summed E-state index contributed by atoms with van der Waals surface area (Å²) >= 11 is 0. The van der Waals surface area contributed by atoms with Gasteiger partial charge in [-0.05, 0) is 19.3 Å². The maximum absolute atomic E-state index is 9.97. The molecule has 3 aliphatic heterocycles. The normalized spacial score (nSPS) is 16.6. The van der Waals surface area contributed by atoms with Crippen molar-refractivity contribution in [2.24, 2.45) is 0 Å². The van der Waals surface area contributed by atoms with E-state index in [1.807, 2.05) is 0 Å². The van der Waals surface area contributed by atoms with Gasteiger partial charge in [-0.15, -0.1) is 0 Å². The van der Waals surface area contributed by atoms with Crippen molar-refractivity contribution in [3.63, 3.8) is 0 Å². The first-order valence-electron chi connectivity index (χ1n) is 7.34. The molecule has 134 valence electrons. The summed E-state index contributed by atoms with van der Waals surface area (Å²) in [6.45, 7) is 1.67. The smallest absolute Gasteiger partial charge is 0.530 e. The van der Waals surface area contributed by atoms with Gasteiger partial charge in [-0.25, -0.2) is 0 Å². The summed E-state index contributed by atoms with van der Waals surface area (Å²) in [7, 11) is 0. The van der Waals surface area contributed by atoms with Crippen LogP contribution in [-0.2, 0) is 0 Å². The Hall–Kier alpha value is -3.26. The van der Waals surface area contributed by atoms with Crippen molar-refractivity contribution >= 4 is 18.3 Å². The largest absolute Gasteiger partial charge is 3.00 e. The summed E-state index contributed by atoms with van der Waals surface area (Å²) in [4.78, 5) is 33.4. The second-order valence-corrected chi connectivity index (χ2v) is 4.90. The van der Waals surface area contributed by atoms with E-state index in [9.17, 15) is 29.7 Å². The molecule has 0 unspecified atom stereocenters. The molecule has 10 heteroatoms. The molecule has 0 saturated heterocycles. The molecule has 0 saturated carbocycles. The van der Waals surface area contributed by atoms with Gasteiger partial charge in [-0.2, -0.15) is 0 Å². The van der Waals surface area contributed by atoms with E-state index in [0.717, 1.165) is 34.0 Å². The Morgan fingerprint density at radius 3 is 0.920 bits per heavy atom. The van der Waals surface area contributed by atoms with Crippen LogP contribution in [0.25, 0.3) is 0 Å². The van der Waals surface area contributed by atoms with Gasteiger partial charge in [0.1, 0.15) is 18.3 Å². The lowest BCUT2D eigenvalue weighted by Crippen LogP contribution is -2.36. The molecule has 3 amide bonds. The fourth-order valence-corrected chi connectivity index (χ4v) is 1.93. The van der Waals surface area contributed by atoms with Crippen LogP contribution in [0.4, 0.5) is 14.4 Å². The van der Waals surface area contributed by atoms with Gasteiger partial charge >= 0.3 is 6.15 Å². The maximum atomic E-state index is 9.97. The number of rotatable bonds is 0. The summed E-state index contributed by atoms with van der Waals surface area (Å²) in [6.07, 6.45) is 9.08. The zero-order valence-electron chi connectivity index (χ0n) is 13.4. The van der Waals surface area contributed by atoms with E-state index in [0.29, 0.717) is 19.6 Å². The lowest BCUT2D eigenvalue weighted by Gasteiger charge is -2.14. The number of hydrogen-bond donors (Lipinski definition) is 0. The van der Waals surface area contributed by atoms with Crippen LogP contribution in [0.5, 0.6) is 0 Å². The first-order chi connectivity index (χ1) is 11.4. The highest BCUT2D eigenvalue weighted by Gasteiger charge is 3.00. The second-order valence-electron chi connectivity index (χ2n) is 4.90. The molecule has 2 radical (unpaired) electrons. The maximum Gasteiger partial charge on any atom is 3.00 e. The van der Waals surface area contributed by atoms with Crippen molar-refractivity contribution in [1.29, 1.82) is 0 Å². The summed E-state index contributed by atoms with van der Waals surface area (Å²) in [6, 6.07) is 0. The lowest BCUT2D eigenvalue weighted by molar-refractivity contribution is -0.262. The van der Waals surface area contributed by atoms with Crippen molar-refractivity contribution in [3.05, 3.63) is 36.8 Å². The molecule has 0 fully saturated rings. The first kappa shape index (κ1) is 21.7. The van der Waals surface area contributed by atoms with Crippen LogP contribution in [0, 0.1) is 0 Å². The molecule has 0 bridgehead atoms. The zero-order chi connectivity index (χ0) is 17.9. The monoisotopic (exact) mass is 350 g/mol. The summed E-state index contributed by atoms with van der Waals surface area (Å²) in [5, 5.41) is 29.9. The Labute approximate surface area is 145 Å². The molecule has 3 rings (SSSR count). The van der Waals surface area contributed by atoms with Gasteiger partial charge < -0.3 is 44.4 Å². The Morgan fingerprint density at radius 2 is 0.840 bits per heavy atom. The third kappa shape index (κ3) is 8.24. The number of nitrogens with zero attached hydrogens (tertiary/aromatic N) is 4. The van der Waals surface area contributed by atoms with Gasteiger partial charge in [0.05, 0.1) is 0 Å². The lowest BCUT2D eigenvalue weighted by atomic mass is 10.5. The van der Waals surface area contributed by atoms with E-state index >= 15 is 0 Å². The number of carbonyl (C=O) groups is 3. The number of amides is 3. The topological polar surface area (TPSA) is 161 Å². The molecular weight excluding hydrogens is 332 g/mol. The number of hydrogen-bond acceptors (Lipinski definition) is 6. The van der Waals surface area contributed by atoms with Crippen molar-refractivity contribution in [2.75, 3.05) is 19.6 Å². The Bertz CT molecular complexity index is 470. The SMILES string of the molecule is O=C([O-])N1C=CCC1.O=C([O-])N1C=CCC1.O=C([O-])N1C=CCC1.[N+3]. The molecular formula is C15H18N4O6. The number of carboxylic acid groups (broad SMARTS) is 3. The number of carbonyl (C=O) groups excluding carboxylic acids is 3. The highest BCUT2D eigenvalue weighted by atomic mass is 16.4. The molecule has 0 aliphatic carbocycles. The van der Waals surface area contributed by atoms with Crippen LogP contribution in [0.15, 0.2) is 36.8 Å². The van der Waals surface area contributed by atoms with Crippen LogP contribution in [0.3, 0.4) is 0 Å². The van der Waals surface area contributed by atoms with E-state index < -0.39 is 18.3 Å². The van der Waals surface area contributed by atoms with Crippen LogP contribution in [-0.4, -0.2) is 52.6 Å². The minimum absolute atomic E-state index is 0. The minimum atomic E-state index is -1.11. The van der Waals surface area contributed by atoms with Crippen molar-refractivity contribution < 1.29 is 29.7 Å². The van der Waals surface area contributed by atoms with Crippen LogP contribution < -0.4 is 21.5 Å². The second kappa shape index (κ2) is 11.3. The van der Waals surface area contributed by atoms with Gasteiger partial charge in [-0.3, -0.25) is 0 Å². The molecule has 0 N–H and O–H groups in total. The summed E-state index contributed by atoms with van der Waals surface area (Å²) in [5.74, 6) is 0. The third-order valence-corrected chi connectivity index (χ3v) is 3.17. The van der Waals surface area contributed by atoms with E-state index in [-0.39, 0.29) is 6.15 Å². The quantitative estimate of drug-likeness (QED) is 0.499. The van der Waals surface area contributed by atoms with Crippen LogP contribution in [0.1, 0.15) is 19.3 Å². The fraction of sp³-hybridized carbons (Fsp3) is 0.400. The standard InChI is InChI=1S/3C5H7NO2.N/c3*7-5(8)6-3-1-2-4-6;/h3*1,3H,2,4H2,(H,7,8);/q;;;+3/p-3. The molecule has 0 spiro atoms. The summed E-state index contributed by atoms with van der Waals surface area (Å²) in [5.41, 5.74) is 0. The molecule has 0 atom stereocenters. The highest BCUT2D eigenvalue weighted by molar-refractivity contribution is 5.65. The molecule has 0 aromatic heterocycles. The van der Waals surface area contributed by atoms with E-state index in [4.69, 9.17) is 0 Å². The first-order valence-corrected chi connectivity index (χ1v) is 7.34. The molecule has 25 heavy (non-hydrogen) atoms. The van der Waals surface area contributed by atoms with E-state index in [2.05, 4.69) is 0 Å². The average Bonchev–Trinajstić information content (AvgIpc) is 3.29. The van der Waals surface area contributed by atoms with Crippen molar-refractivity contribution in [2.45, 2.75) is 19.3 Å². The third-order valence-electron chi connectivity index (χ3n) is 3.17. The highest BCUT2D eigenvalue weighted by Crippen LogP contribution is 2.02. The van der Waals surface area contributed by atoms with Gasteiger partial charge in [0.2, 0.25) is 0 Å². The zero-order valence-corrected chi connectivity index (χ0v) is 13.4. The van der Waals surface area contributed by atoms with E-state index in [1.54, 1.807) is 18.2 Å². The van der Waals surface area contributed by atoms with Crippen molar-refractivity contribution in [1.82, 2.24) is 20.9 Å². The van der Waals surface area contributed by atoms with Crippen LogP contribution in [0.2, 0.25) is 0 Å². The van der Waals surface area contributed by atoms with E-state index in [1.165, 1.54) is 18.6 Å². The molecule has 0 aromatic carbocycles. The van der Waals surface area contributed by atoms with Gasteiger partial charge in [0.15, 0.2) is 0 Å². The Kier molecular flexibility index (Phi) is 9.83. The fourth-order valence-electron chi connectivity index (χ4n) is 1.93. The van der Waals surface area contributed by atoms with Crippen molar-refractivity contribution in [3.8, 4) is 0 Å². The molecule has 0 aromatic rings. The van der Waals surface area contributed by atoms with Gasteiger partial charge in [0.25, 0.3) is 0 Å². The Balaban J connectivity index is 0.000000339. The summed E-state index contributed by atoms with van der Waals surface area (Å²) < 4.78 is 0. The average molecular weight is 350 g/mol. The molecule has 10 nitrogen and oxygen atoms in total. The van der Waals surface area contributed by atoms with Gasteiger partial charge in [-0.1, -0.05) is 18.2 Å². The predicted molar refractivity (Wildman–Crippen MR) is 79.7 cm³/mol. The Morgan fingerprint density at radius 1 is 0.600 bits per heavy atom. The minimum Gasteiger partial charge on any atom is -0.530 e. The molecule has 3 heterocycles. The van der Waals surface area contributed by atoms with Crippen LogP contribution >= 0.6 is 0 Å². The van der Waals surface area contributed by atoms with Gasteiger partial charge in [0, 0.05) is 38.2 Å². The molecule has 3 aliphatic rings.